The molecule has 4 rings (SSSR count). The van der Waals surface area contributed by atoms with Gasteiger partial charge in [0, 0.05) is 17.8 Å². The average molecular weight is 464 g/mol. The van der Waals surface area contributed by atoms with Gasteiger partial charge in [0.1, 0.15) is 22.4 Å². The Kier molecular flexibility index (Phi) is 6.07. The number of alkyl halides is 3. The van der Waals surface area contributed by atoms with Crippen molar-refractivity contribution in [1.82, 2.24) is 25.6 Å². The number of nitrogens with one attached hydrogen (secondary N) is 2. The number of piperidine rings is 1. The van der Waals surface area contributed by atoms with Crippen LogP contribution >= 0.6 is 11.3 Å². The second kappa shape index (κ2) is 8.79. The topological polar surface area (TPSA) is 123 Å². The minimum absolute atomic E-state index is 0.0915. The van der Waals surface area contributed by atoms with Gasteiger partial charge < -0.3 is 16.4 Å². The summed E-state index contributed by atoms with van der Waals surface area (Å²) in [6, 6.07) is 5.68. The minimum atomic E-state index is -4.69. The van der Waals surface area contributed by atoms with E-state index in [1.54, 1.807) is 18.2 Å². The first-order valence-corrected chi connectivity index (χ1v) is 10.7. The number of amides is 2. The number of nitrogens with two attached hydrogens (primary N) is 1. The lowest BCUT2D eigenvalue weighted by molar-refractivity contribution is -0.141. The van der Waals surface area contributed by atoms with Gasteiger partial charge in [-0.25, -0.2) is 15.0 Å². The highest BCUT2D eigenvalue weighted by molar-refractivity contribution is 7.18. The molecule has 0 saturated carbocycles. The summed E-state index contributed by atoms with van der Waals surface area (Å²) in [7, 11) is 0. The number of rotatable bonds is 5. The van der Waals surface area contributed by atoms with Crippen molar-refractivity contribution in [2.45, 2.75) is 31.0 Å². The van der Waals surface area contributed by atoms with Crippen molar-refractivity contribution >= 4 is 33.4 Å². The molecule has 8 nitrogen and oxygen atoms in total. The fourth-order valence-corrected chi connectivity index (χ4v) is 4.59. The Labute approximate surface area is 184 Å². The van der Waals surface area contributed by atoms with Crippen molar-refractivity contribution < 1.29 is 22.8 Å². The number of hydrogen-bond acceptors (Lipinski definition) is 7. The molecule has 168 valence electrons. The van der Waals surface area contributed by atoms with E-state index >= 15 is 0 Å². The van der Waals surface area contributed by atoms with Crippen LogP contribution in [0.2, 0.25) is 0 Å². The molecule has 1 fully saturated rings. The van der Waals surface area contributed by atoms with Crippen molar-refractivity contribution in [3.8, 4) is 0 Å². The van der Waals surface area contributed by atoms with E-state index in [-0.39, 0.29) is 22.8 Å². The summed E-state index contributed by atoms with van der Waals surface area (Å²) in [4.78, 5) is 36.3. The molecule has 32 heavy (non-hydrogen) atoms. The summed E-state index contributed by atoms with van der Waals surface area (Å²) in [6.45, 7) is 1.68. The van der Waals surface area contributed by atoms with Gasteiger partial charge in [0.05, 0.1) is 10.2 Å². The smallest absolute Gasteiger partial charge is 0.369 e. The highest BCUT2D eigenvalue weighted by atomic mass is 32.1. The number of halogens is 3. The number of primary amides is 1. The van der Waals surface area contributed by atoms with Crippen molar-refractivity contribution in [2.75, 3.05) is 13.1 Å². The molecule has 0 aliphatic carbocycles. The fourth-order valence-electron chi connectivity index (χ4n) is 3.47. The second-order valence-electron chi connectivity index (χ2n) is 7.37. The Morgan fingerprint density at radius 3 is 2.62 bits per heavy atom. The normalized spacial score (nSPS) is 16.1. The van der Waals surface area contributed by atoms with E-state index in [9.17, 15) is 22.8 Å². The molecular formula is C20H19F3N6O2S. The minimum Gasteiger partial charge on any atom is -0.369 e. The number of nitrogens with zero attached hydrogens (tertiary/aromatic N) is 3. The van der Waals surface area contributed by atoms with Gasteiger partial charge in [-0.3, -0.25) is 9.59 Å². The third-order valence-corrected chi connectivity index (χ3v) is 6.18. The Balaban J connectivity index is 1.63. The number of carbonyl (C=O) groups is 2. The first kappa shape index (κ1) is 22.1. The molecule has 0 spiro atoms. The molecular weight excluding hydrogens is 445 g/mol. The zero-order valence-electron chi connectivity index (χ0n) is 16.6. The van der Waals surface area contributed by atoms with Crippen LogP contribution in [0.25, 0.3) is 10.2 Å². The number of hydrogen-bond donors (Lipinski definition) is 3. The molecule has 12 heteroatoms. The molecule has 0 bridgehead atoms. The van der Waals surface area contributed by atoms with Crippen LogP contribution in [0, 0.1) is 0 Å². The predicted octanol–water partition coefficient (Wildman–Crippen LogP) is 2.20. The van der Waals surface area contributed by atoms with Gasteiger partial charge in [0.2, 0.25) is 5.91 Å². The molecule has 3 aromatic rings. The van der Waals surface area contributed by atoms with E-state index in [0.29, 0.717) is 21.8 Å². The summed E-state index contributed by atoms with van der Waals surface area (Å²) in [5.41, 5.74) is 5.20. The first-order valence-electron chi connectivity index (χ1n) is 9.84. The SMILES string of the molecule is NC(=O)C(c1nccc(C(F)(F)F)n1)c1nc2ccc(C(=O)NC3CCNCC3)cc2s1. The van der Waals surface area contributed by atoms with Crippen LogP contribution in [0.5, 0.6) is 0 Å². The number of carbonyl (C=O) groups excluding carboxylic acids is 2. The standard InChI is InChI=1S/C20H19F3N6O2S/c21-20(22,23)14-5-8-26-17(29-14)15(16(24)30)19-28-12-2-1-10(9-13(12)32-19)18(31)27-11-3-6-25-7-4-11/h1-2,5,8-9,11,15,25H,3-4,6-7H2,(H2,24,30)(H,27,31). The Bertz CT molecular complexity index is 1160. The lowest BCUT2D eigenvalue weighted by atomic mass is 10.1. The van der Waals surface area contributed by atoms with E-state index < -0.39 is 23.7 Å². The van der Waals surface area contributed by atoms with E-state index in [1.807, 2.05) is 0 Å². The maximum absolute atomic E-state index is 13.0. The summed E-state index contributed by atoms with van der Waals surface area (Å²) in [6.07, 6.45) is -2.08. The number of benzene rings is 1. The maximum atomic E-state index is 13.0. The van der Waals surface area contributed by atoms with Crippen LogP contribution in [0.4, 0.5) is 13.2 Å². The molecule has 2 amide bonds. The van der Waals surface area contributed by atoms with Gasteiger partial charge in [0.15, 0.2) is 0 Å². The van der Waals surface area contributed by atoms with Gasteiger partial charge in [-0.15, -0.1) is 11.3 Å². The van der Waals surface area contributed by atoms with E-state index in [0.717, 1.165) is 43.5 Å². The van der Waals surface area contributed by atoms with Gasteiger partial charge >= 0.3 is 6.18 Å². The van der Waals surface area contributed by atoms with Crippen molar-refractivity contribution in [1.29, 1.82) is 0 Å². The average Bonchev–Trinajstić information content (AvgIpc) is 3.16. The molecule has 4 N–H and O–H groups in total. The van der Waals surface area contributed by atoms with Crippen LogP contribution < -0.4 is 16.4 Å². The molecule has 1 saturated heterocycles. The lowest BCUT2D eigenvalue weighted by Crippen LogP contribution is -2.42. The van der Waals surface area contributed by atoms with Gasteiger partial charge in [-0.1, -0.05) is 0 Å². The number of fused-ring (bicyclic) bond motifs is 1. The summed E-state index contributed by atoms with van der Waals surface area (Å²) < 4.78 is 39.7. The molecule has 0 radical (unpaired) electrons. The fraction of sp³-hybridized carbons (Fsp3) is 0.350. The molecule has 2 aromatic heterocycles. The molecule has 3 heterocycles. The summed E-state index contributed by atoms with van der Waals surface area (Å²) in [5, 5.41) is 6.38. The monoisotopic (exact) mass is 464 g/mol. The predicted molar refractivity (Wildman–Crippen MR) is 111 cm³/mol. The van der Waals surface area contributed by atoms with E-state index in [2.05, 4.69) is 25.6 Å². The Morgan fingerprint density at radius 1 is 1.19 bits per heavy atom. The zero-order valence-corrected chi connectivity index (χ0v) is 17.5. The quantitative estimate of drug-likeness (QED) is 0.532. The third-order valence-electron chi connectivity index (χ3n) is 5.10. The molecule has 1 unspecified atom stereocenters. The Morgan fingerprint density at radius 2 is 1.94 bits per heavy atom. The van der Waals surface area contributed by atoms with Crippen molar-refractivity contribution in [3.05, 3.63) is 52.6 Å². The molecule has 1 atom stereocenters. The highest BCUT2D eigenvalue weighted by Crippen LogP contribution is 2.33. The van der Waals surface area contributed by atoms with Crippen LogP contribution in [0.15, 0.2) is 30.5 Å². The Hall–Kier alpha value is -3.12. The molecule has 1 aliphatic heterocycles. The maximum Gasteiger partial charge on any atom is 0.433 e. The van der Waals surface area contributed by atoms with Crippen molar-refractivity contribution in [3.63, 3.8) is 0 Å². The van der Waals surface area contributed by atoms with Gasteiger partial charge in [-0.2, -0.15) is 13.2 Å². The highest BCUT2D eigenvalue weighted by Gasteiger charge is 2.35. The summed E-state index contributed by atoms with van der Waals surface area (Å²) in [5.74, 6) is -2.87. The van der Waals surface area contributed by atoms with Crippen LogP contribution in [-0.2, 0) is 11.0 Å². The lowest BCUT2D eigenvalue weighted by Gasteiger charge is -2.23. The van der Waals surface area contributed by atoms with Gasteiger partial charge in [-0.05, 0) is 50.2 Å². The molecule has 1 aromatic carbocycles. The zero-order chi connectivity index (χ0) is 22.9. The van der Waals surface area contributed by atoms with Crippen molar-refractivity contribution in [2.24, 2.45) is 5.73 Å². The number of aromatic nitrogens is 3. The summed E-state index contributed by atoms with van der Waals surface area (Å²) >= 11 is 1.06. The first-order chi connectivity index (χ1) is 15.2. The van der Waals surface area contributed by atoms with Gasteiger partial charge in [0.25, 0.3) is 5.91 Å². The third kappa shape index (κ3) is 4.70. The van der Waals surface area contributed by atoms with E-state index in [1.165, 1.54) is 0 Å². The number of thiazole rings is 1. The molecule has 1 aliphatic rings. The largest absolute Gasteiger partial charge is 0.433 e. The van der Waals surface area contributed by atoms with E-state index in [4.69, 9.17) is 5.73 Å². The van der Waals surface area contributed by atoms with Crippen LogP contribution in [-0.4, -0.2) is 45.9 Å². The second-order valence-corrected chi connectivity index (χ2v) is 8.43. The van der Waals surface area contributed by atoms with Crippen LogP contribution in [0.1, 0.15) is 45.6 Å². The van der Waals surface area contributed by atoms with Crippen LogP contribution in [0.3, 0.4) is 0 Å².